The number of rotatable bonds is 5. The van der Waals surface area contributed by atoms with E-state index in [-0.39, 0.29) is 5.91 Å². The van der Waals surface area contributed by atoms with Crippen molar-refractivity contribution in [1.82, 2.24) is 24.6 Å². The normalized spacial score (nSPS) is 14.6. The van der Waals surface area contributed by atoms with Gasteiger partial charge in [-0.3, -0.25) is 4.79 Å². The van der Waals surface area contributed by atoms with Crippen molar-refractivity contribution in [3.63, 3.8) is 0 Å². The van der Waals surface area contributed by atoms with E-state index in [0.29, 0.717) is 36.2 Å². The van der Waals surface area contributed by atoms with Crippen LogP contribution in [-0.4, -0.2) is 63.8 Å². The molecule has 170 valence electrons. The fourth-order valence-electron chi connectivity index (χ4n) is 4.03. The molecule has 33 heavy (non-hydrogen) atoms. The molecule has 5 rings (SSSR count). The quantitative estimate of drug-likeness (QED) is 0.427. The van der Waals surface area contributed by atoms with Crippen LogP contribution in [0.4, 0.5) is 5.82 Å². The molecule has 10 heteroatoms. The second kappa shape index (κ2) is 9.46. The number of fused-ring (bicyclic) bond motifs is 1. The largest absolute Gasteiger partial charge is 0.377 e. The van der Waals surface area contributed by atoms with Gasteiger partial charge in [0.05, 0.1) is 22.1 Å². The van der Waals surface area contributed by atoms with Crippen LogP contribution in [0.2, 0.25) is 5.02 Å². The number of anilines is 1. The molecule has 0 aliphatic carbocycles. The Kier molecular flexibility index (Phi) is 6.26. The minimum Gasteiger partial charge on any atom is -0.377 e. The predicted molar refractivity (Wildman–Crippen MR) is 129 cm³/mol. The van der Waals surface area contributed by atoms with Gasteiger partial charge in [-0.1, -0.05) is 17.7 Å². The lowest BCUT2D eigenvalue weighted by atomic mass is 10.3. The minimum absolute atomic E-state index is 0.0929. The average molecular weight is 483 g/mol. The number of aromatic nitrogens is 4. The van der Waals surface area contributed by atoms with Crippen molar-refractivity contribution in [2.75, 3.05) is 38.2 Å². The van der Waals surface area contributed by atoms with Gasteiger partial charge in [-0.15, -0.1) is 11.3 Å². The molecule has 1 aliphatic rings. The van der Waals surface area contributed by atoms with Gasteiger partial charge in [-0.25, -0.2) is 14.6 Å². The molecule has 0 radical (unpaired) electrons. The summed E-state index contributed by atoms with van der Waals surface area (Å²) in [6.45, 7) is 3.12. The van der Waals surface area contributed by atoms with E-state index in [1.807, 2.05) is 46.7 Å². The molecular weight excluding hydrogens is 460 g/mol. The third-order valence-electron chi connectivity index (χ3n) is 5.61. The van der Waals surface area contributed by atoms with E-state index in [1.165, 1.54) is 11.3 Å². The van der Waals surface area contributed by atoms with E-state index in [4.69, 9.17) is 26.3 Å². The maximum absolute atomic E-state index is 12.8. The fourth-order valence-corrected chi connectivity index (χ4v) is 4.85. The SMILES string of the molecule is COCc1nc(N2CCCN(C(=O)c3cccs3)CC2)c2cnn(-c3ccc(Cl)cc3)c2n1. The highest BCUT2D eigenvalue weighted by atomic mass is 35.5. The summed E-state index contributed by atoms with van der Waals surface area (Å²) in [5.41, 5.74) is 1.58. The van der Waals surface area contributed by atoms with E-state index < -0.39 is 0 Å². The van der Waals surface area contributed by atoms with Crippen molar-refractivity contribution in [2.45, 2.75) is 13.0 Å². The van der Waals surface area contributed by atoms with Crippen LogP contribution in [0.25, 0.3) is 16.7 Å². The highest BCUT2D eigenvalue weighted by Crippen LogP contribution is 2.27. The van der Waals surface area contributed by atoms with Gasteiger partial charge in [-0.05, 0) is 42.1 Å². The Bertz CT molecular complexity index is 1260. The van der Waals surface area contributed by atoms with E-state index in [0.717, 1.165) is 41.3 Å². The molecule has 1 amide bonds. The molecule has 0 N–H and O–H groups in total. The third-order valence-corrected chi connectivity index (χ3v) is 6.72. The first-order valence-corrected chi connectivity index (χ1v) is 12.0. The van der Waals surface area contributed by atoms with Crippen LogP contribution in [-0.2, 0) is 11.3 Å². The lowest BCUT2D eigenvalue weighted by Gasteiger charge is -2.23. The molecule has 3 aromatic heterocycles. The Morgan fingerprint density at radius 2 is 1.97 bits per heavy atom. The molecule has 0 spiro atoms. The van der Waals surface area contributed by atoms with Crippen LogP contribution in [0.5, 0.6) is 0 Å². The van der Waals surface area contributed by atoms with Crippen molar-refractivity contribution in [3.05, 3.63) is 63.7 Å². The summed E-state index contributed by atoms with van der Waals surface area (Å²) in [6.07, 6.45) is 2.66. The maximum atomic E-state index is 12.8. The summed E-state index contributed by atoms with van der Waals surface area (Å²) in [5.74, 6) is 1.50. The van der Waals surface area contributed by atoms with Crippen LogP contribution in [0, 0.1) is 0 Å². The lowest BCUT2D eigenvalue weighted by molar-refractivity contribution is 0.0772. The standard InChI is InChI=1S/C23H23ClN6O2S/c1-32-15-20-26-21(18-14-25-30(22(18)27-20)17-7-5-16(24)6-8-17)28-9-3-10-29(12-11-28)23(31)19-4-2-13-33-19/h2,4-8,13-14H,3,9-12,15H2,1H3. The van der Waals surface area contributed by atoms with Crippen LogP contribution in [0.3, 0.4) is 0 Å². The molecule has 8 nitrogen and oxygen atoms in total. The van der Waals surface area contributed by atoms with Crippen molar-refractivity contribution in [3.8, 4) is 5.69 Å². The number of carbonyl (C=O) groups is 1. The number of amides is 1. The van der Waals surface area contributed by atoms with Crippen molar-refractivity contribution >= 4 is 45.7 Å². The smallest absolute Gasteiger partial charge is 0.263 e. The topological polar surface area (TPSA) is 76.4 Å². The number of methoxy groups -OCH3 is 1. The van der Waals surface area contributed by atoms with Gasteiger partial charge < -0.3 is 14.5 Å². The monoisotopic (exact) mass is 482 g/mol. The molecule has 0 atom stereocenters. The zero-order chi connectivity index (χ0) is 22.8. The second-order valence-corrected chi connectivity index (χ2v) is 9.16. The van der Waals surface area contributed by atoms with Crippen LogP contribution < -0.4 is 4.90 Å². The molecule has 1 fully saturated rings. The summed E-state index contributed by atoms with van der Waals surface area (Å²) in [6, 6.07) is 11.3. The number of ether oxygens (including phenoxy) is 1. The van der Waals surface area contributed by atoms with Crippen molar-refractivity contribution in [2.24, 2.45) is 0 Å². The van der Waals surface area contributed by atoms with E-state index in [1.54, 1.807) is 18.0 Å². The minimum atomic E-state index is 0.0929. The maximum Gasteiger partial charge on any atom is 0.263 e. The number of thiophene rings is 1. The van der Waals surface area contributed by atoms with Gasteiger partial charge in [0.25, 0.3) is 5.91 Å². The Hall–Kier alpha value is -3.01. The van der Waals surface area contributed by atoms with E-state index in [2.05, 4.69) is 10.00 Å². The summed E-state index contributed by atoms with van der Waals surface area (Å²) >= 11 is 7.54. The Morgan fingerprint density at radius 3 is 2.73 bits per heavy atom. The first kappa shape index (κ1) is 21.8. The Balaban J connectivity index is 1.48. The number of halogens is 1. The number of nitrogens with zero attached hydrogens (tertiary/aromatic N) is 6. The molecule has 0 bridgehead atoms. The molecule has 4 aromatic rings. The van der Waals surface area contributed by atoms with Crippen molar-refractivity contribution < 1.29 is 9.53 Å². The second-order valence-electron chi connectivity index (χ2n) is 7.78. The van der Waals surface area contributed by atoms with Crippen molar-refractivity contribution in [1.29, 1.82) is 0 Å². The fraction of sp³-hybridized carbons (Fsp3) is 0.304. The Morgan fingerprint density at radius 1 is 1.12 bits per heavy atom. The van der Waals surface area contributed by atoms with Crippen LogP contribution >= 0.6 is 22.9 Å². The zero-order valence-corrected chi connectivity index (χ0v) is 19.7. The number of benzene rings is 1. The first-order valence-electron chi connectivity index (χ1n) is 10.7. The molecule has 1 aromatic carbocycles. The summed E-state index contributed by atoms with van der Waals surface area (Å²) in [4.78, 5) is 27.3. The summed E-state index contributed by atoms with van der Waals surface area (Å²) < 4.78 is 7.12. The zero-order valence-electron chi connectivity index (χ0n) is 18.1. The van der Waals surface area contributed by atoms with E-state index >= 15 is 0 Å². The molecule has 0 saturated carbocycles. The van der Waals surface area contributed by atoms with Crippen LogP contribution in [0.1, 0.15) is 21.9 Å². The number of hydrogen-bond acceptors (Lipinski definition) is 7. The molecule has 1 saturated heterocycles. The van der Waals surface area contributed by atoms with E-state index in [9.17, 15) is 4.79 Å². The first-order chi connectivity index (χ1) is 16.1. The summed E-state index contributed by atoms with van der Waals surface area (Å²) in [7, 11) is 1.63. The highest BCUT2D eigenvalue weighted by molar-refractivity contribution is 7.12. The molecule has 4 heterocycles. The Labute approximate surface area is 200 Å². The third kappa shape index (κ3) is 4.44. The average Bonchev–Trinajstić information content (AvgIpc) is 3.44. The summed E-state index contributed by atoms with van der Waals surface area (Å²) in [5, 5.41) is 8.06. The molecule has 0 unspecified atom stereocenters. The van der Waals surface area contributed by atoms with Gasteiger partial charge in [0.1, 0.15) is 12.4 Å². The van der Waals surface area contributed by atoms with Gasteiger partial charge in [0, 0.05) is 38.3 Å². The molecule has 1 aliphatic heterocycles. The number of carbonyl (C=O) groups excluding carboxylic acids is 1. The highest BCUT2D eigenvalue weighted by Gasteiger charge is 2.24. The van der Waals surface area contributed by atoms with Gasteiger partial charge in [-0.2, -0.15) is 5.10 Å². The molecular formula is C23H23ClN6O2S. The van der Waals surface area contributed by atoms with Gasteiger partial charge in [0.2, 0.25) is 0 Å². The van der Waals surface area contributed by atoms with Crippen LogP contribution in [0.15, 0.2) is 48.0 Å². The van der Waals surface area contributed by atoms with Gasteiger partial charge >= 0.3 is 0 Å². The lowest BCUT2D eigenvalue weighted by Crippen LogP contribution is -2.35. The van der Waals surface area contributed by atoms with Gasteiger partial charge in [0.15, 0.2) is 11.5 Å². The predicted octanol–water partition coefficient (Wildman–Crippen LogP) is 4.03. The number of hydrogen-bond donors (Lipinski definition) is 0.